The van der Waals surface area contributed by atoms with Gasteiger partial charge in [0.1, 0.15) is 16.8 Å². The summed E-state index contributed by atoms with van der Waals surface area (Å²) in [6, 6.07) is 7.86. The van der Waals surface area contributed by atoms with Gasteiger partial charge in [-0.15, -0.1) is 21.5 Å². The number of anilines is 1. The third-order valence-corrected chi connectivity index (χ3v) is 10.3. The van der Waals surface area contributed by atoms with Gasteiger partial charge >= 0.3 is 0 Å². The van der Waals surface area contributed by atoms with Crippen molar-refractivity contribution in [2.24, 2.45) is 18.4 Å². The Bertz CT molecular complexity index is 1370. The molecule has 1 aliphatic rings. The molecule has 1 N–H and O–H groups in total. The molecule has 2 atom stereocenters. The Morgan fingerprint density at radius 1 is 1.42 bits per heavy atom. The van der Waals surface area contributed by atoms with Gasteiger partial charge in [0, 0.05) is 16.9 Å². The maximum atomic E-state index is 12.9. The Hall–Kier alpha value is -2.54. The number of carbonyl (C=O) groups excluding carboxylic acids is 1. The SMILES string of the molecule is CCC(C)(C)C1CCc2c(sc(NC(=O)CSc3nnc(C(C)Oc4ccc(Cl)c(C)c4)n3C)c2C#N)C1. The zero-order chi connectivity index (χ0) is 27.6. The van der Waals surface area contributed by atoms with Crippen molar-refractivity contribution in [3.8, 4) is 11.8 Å². The van der Waals surface area contributed by atoms with E-state index < -0.39 is 0 Å². The predicted molar refractivity (Wildman–Crippen MR) is 154 cm³/mol. The van der Waals surface area contributed by atoms with Crippen molar-refractivity contribution >= 4 is 45.6 Å². The van der Waals surface area contributed by atoms with Crippen LogP contribution in [-0.4, -0.2) is 26.4 Å². The first kappa shape index (κ1) is 28.5. The van der Waals surface area contributed by atoms with Crippen LogP contribution in [0.15, 0.2) is 23.4 Å². The van der Waals surface area contributed by atoms with E-state index in [1.807, 2.05) is 43.7 Å². The highest BCUT2D eigenvalue weighted by atomic mass is 35.5. The lowest BCUT2D eigenvalue weighted by Crippen LogP contribution is -2.28. The van der Waals surface area contributed by atoms with E-state index in [9.17, 15) is 10.1 Å². The topological polar surface area (TPSA) is 92.8 Å². The first-order chi connectivity index (χ1) is 18.0. The number of ether oxygens (including phenoxy) is 1. The van der Waals surface area contributed by atoms with Crippen molar-refractivity contribution in [3.63, 3.8) is 0 Å². The third kappa shape index (κ3) is 6.03. The minimum Gasteiger partial charge on any atom is -0.483 e. The van der Waals surface area contributed by atoms with Gasteiger partial charge in [-0.1, -0.05) is 50.6 Å². The monoisotopic (exact) mass is 571 g/mol. The molecule has 0 fully saturated rings. The smallest absolute Gasteiger partial charge is 0.235 e. The lowest BCUT2D eigenvalue weighted by molar-refractivity contribution is -0.113. The summed E-state index contributed by atoms with van der Waals surface area (Å²) >= 11 is 8.98. The van der Waals surface area contributed by atoms with Crippen molar-refractivity contribution in [2.45, 2.75) is 71.6 Å². The molecule has 4 rings (SSSR count). The summed E-state index contributed by atoms with van der Waals surface area (Å²) in [6.07, 6.45) is 3.73. The Kier molecular flexibility index (Phi) is 8.75. The molecule has 10 heteroatoms. The number of hydrogen-bond donors (Lipinski definition) is 1. The number of thioether (sulfide) groups is 1. The van der Waals surface area contributed by atoms with Gasteiger partial charge in [-0.05, 0) is 73.8 Å². The minimum absolute atomic E-state index is 0.163. The number of thiophene rings is 1. The van der Waals surface area contributed by atoms with Gasteiger partial charge in [0.2, 0.25) is 5.91 Å². The third-order valence-electron chi connectivity index (χ3n) is 7.65. The second kappa shape index (κ2) is 11.7. The number of nitriles is 1. The van der Waals surface area contributed by atoms with Crippen molar-refractivity contribution in [1.29, 1.82) is 5.26 Å². The summed E-state index contributed by atoms with van der Waals surface area (Å²) in [5, 5.41) is 23.4. The fourth-order valence-corrected chi connectivity index (χ4v) is 6.92. The minimum atomic E-state index is -0.339. The number of nitrogens with one attached hydrogen (secondary N) is 1. The number of carbonyl (C=O) groups is 1. The van der Waals surface area contributed by atoms with E-state index in [0.717, 1.165) is 36.8 Å². The maximum absolute atomic E-state index is 12.9. The molecule has 0 bridgehead atoms. The van der Waals surface area contributed by atoms with Gasteiger partial charge in [-0.25, -0.2) is 0 Å². The Labute approximate surface area is 237 Å². The lowest BCUT2D eigenvalue weighted by Gasteiger charge is -2.36. The highest BCUT2D eigenvalue weighted by Gasteiger charge is 2.34. The first-order valence-electron chi connectivity index (χ1n) is 12.8. The van der Waals surface area contributed by atoms with Crippen LogP contribution < -0.4 is 10.1 Å². The Morgan fingerprint density at radius 3 is 2.87 bits per heavy atom. The van der Waals surface area contributed by atoms with Crippen molar-refractivity contribution in [2.75, 3.05) is 11.1 Å². The van der Waals surface area contributed by atoms with Crippen LogP contribution in [0.2, 0.25) is 5.02 Å². The summed E-state index contributed by atoms with van der Waals surface area (Å²) in [6.45, 7) is 10.7. The molecule has 0 spiro atoms. The molecule has 0 radical (unpaired) electrons. The average Bonchev–Trinajstić information content (AvgIpc) is 3.43. The summed E-state index contributed by atoms with van der Waals surface area (Å²) in [5.74, 6) is 1.94. The first-order valence-corrected chi connectivity index (χ1v) is 15.0. The molecule has 202 valence electrons. The van der Waals surface area contributed by atoms with E-state index in [1.165, 1.54) is 16.6 Å². The molecular weight excluding hydrogens is 538 g/mol. The quantitative estimate of drug-likeness (QED) is 0.275. The van der Waals surface area contributed by atoms with Gasteiger partial charge in [0.15, 0.2) is 17.1 Å². The van der Waals surface area contributed by atoms with Gasteiger partial charge < -0.3 is 14.6 Å². The number of rotatable bonds is 9. The van der Waals surface area contributed by atoms with Crippen LogP contribution >= 0.6 is 34.7 Å². The fourth-order valence-electron chi connectivity index (χ4n) is 4.79. The van der Waals surface area contributed by atoms with Crippen molar-refractivity contribution < 1.29 is 9.53 Å². The molecule has 3 aromatic rings. The highest BCUT2D eigenvalue weighted by Crippen LogP contribution is 2.45. The van der Waals surface area contributed by atoms with Gasteiger partial charge in [-0.3, -0.25) is 4.79 Å². The summed E-state index contributed by atoms with van der Waals surface area (Å²) in [7, 11) is 1.86. The lowest BCUT2D eigenvalue weighted by atomic mass is 9.69. The van der Waals surface area contributed by atoms with Crippen LogP contribution in [0.1, 0.15) is 74.0 Å². The van der Waals surface area contributed by atoms with E-state index in [1.54, 1.807) is 11.3 Å². The standard InChI is InChI=1S/C28H34ClN5O2S2/c1-7-28(4,5)18-8-10-20-21(14-30)26(38-23(20)13-18)31-24(35)15-37-27-33-32-25(34(27)6)17(3)36-19-9-11-22(29)16(2)12-19/h9,11-12,17-18H,7-8,10,13,15H2,1-6H3,(H,31,35). The molecule has 1 aromatic carbocycles. The van der Waals surface area contributed by atoms with Gasteiger partial charge in [0.25, 0.3) is 0 Å². The number of amides is 1. The largest absolute Gasteiger partial charge is 0.483 e. The van der Waals surface area contributed by atoms with E-state index >= 15 is 0 Å². The molecular formula is C28H34ClN5O2S2. The number of fused-ring (bicyclic) bond motifs is 1. The Morgan fingerprint density at radius 2 is 2.18 bits per heavy atom. The number of benzene rings is 1. The number of halogens is 1. The second-order valence-electron chi connectivity index (χ2n) is 10.5. The number of aryl methyl sites for hydroxylation is 1. The van der Waals surface area contributed by atoms with Crippen molar-refractivity contribution in [1.82, 2.24) is 14.8 Å². The molecule has 1 aliphatic carbocycles. The average molecular weight is 572 g/mol. The normalized spacial score (nSPS) is 16.0. The zero-order valence-corrected chi connectivity index (χ0v) is 25.1. The summed E-state index contributed by atoms with van der Waals surface area (Å²) in [4.78, 5) is 14.1. The molecule has 2 aromatic heterocycles. The summed E-state index contributed by atoms with van der Waals surface area (Å²) in [5.41, 5.74) is 2.94. The van der Waals surface area contributed by atoms with Crippen LogP contribution in [0.25, 0.3) is 0 Å². The molecule has 0 saturated carbocycles. The fraction of sp³-hybridized carbons (Fsp3) is 0.500. The van der Waals surface area contributed by atoms with Crippen LogP contribution in [-0.2, 0) is 24.7 Å². The maximum Gasteiger partial charge on any atom is 0.235 e. The van der Waals surface area contributed by atoms with E-state index in [2.05, 4.69) is 42.4 Å². The van der Waals surface area contributed by atoms with Crippen LogP contribution in [0.4, 0.5) is 5.00 Å². The van der Waals surface area contributed by atoms with E-state index in [0.29, 0.717) is 38.2 Å². The van der Waals surface area contributed by atoms with Crippen molar-refractivity contribution in [3.05, 3.63) is 50.6 Å². The van der Waals surface area contributed by atoms with Gasteiger partial charge in [-0.2, -0.15) is 5.26 Å². The zero-order valence-electron chi connectivity index (χ0n) is 22.7. The molecule has 38 heavy (non-hydrogen) atoms. The molecule has 7 nitrogen and oxygen atoms in total. The van der Waals surface area contributed by atoms with Crippen LogP contribution in [0.5, 0.6) is 5.75 Å². The van der Waals surface area contributed by atoms with Gasteiger partial charge in [0.05, 0.1) is 11.3 Å². The Balaban J connectivity index is 1.38. The van der Waals surface area contributed by atoms with E-state index in [-0.39, 0.29) is 23.2 Å². The second-order valence-corrected chi connectivity index (χ2v) is 13.0. The van der Waals surface area contributed by atoms with Crippen LogP contribution in [0.3, 0.4) is 0 Å². The molecule has 0 aliphatic heterocycles. The number of hydrogen-bond acceptors (Lipinski definition) is 7. The molecule has 0 saturated heterocycles. The highest BCUT2D eigenvalue weighted by molar-refractivity contribution is 7.99. The molecule has 1 amide bonds. The molecule has 2 heterocycles. The van der Waals surface area contributed by atoms with E-state index in [4.69, 9.17) is 16.3 Å². The van der Waals surface area contributed by atoms with Crippen LogP contribution in [0, 0.1) is 29.6 Å². The number of aromatic nitrogens is 3. The number of nitrogens with zero attached hydrogens (tertiary/aromatic N) is 4. The predicted octanol–water partition coefficient (Wildman–Crippen LogP) is 7.12. The summed E-state index contributed by atoms with van der Waals surface area (Å²) < 4.78 is 7.88. The molecule has 2 unspecified atom stereocenters.